The van der Waals surface area contributed by atoms with Gasteiger partial charge in [-0.25, -0.2) is 15.0 Å². The lowest BCUT2D eigenvalue weighted by molar-refractivity contribution is 0.408. The Morgan fingerprint density at radius 2 is 1.88 bits per heavy atom. The molecule has 2 heterocycles. The Labute approximate surface area is 95.7 Å². The average molecular weight is 218 g/mol. The van der Waals surface area contributed by atoms with Gasteiger partial charge < -0.3 is 4.57 Å². The molecule has 0 spiro atoms. The van der Waals surface area contributed by atoms with Crippen LogP contribution in [0.3, 0.4) is 0 Å². The smallest absolute Gasteiger partial charge is 0.181 e. The van der Waals surface area contributed by atoms with E-state index in [2.05, 4.69) is 54.1 Å². The van der Waals surface area contributed by atoms with Gasteiger partial charge >= 0.3 is 0 Å². The van der Waals surface area contributed by atoms with E-state index < -0.39 is 0 Å². The Morgan fingerprint density at radius 3 is 2.44 bits per heavy atom. The number of fused-ring (bicyclic) bond motifs is 1. The van der Waals surface area contributed by atoms with Crippen molar-refractivity contribution >= 4 is 11.2 Å². The minimum absolute atomic E-state index is 0.0114. The van der Waals surface area contributed by atoms with Crippen LogP contribution in [0, 0.1) is 0 Å². The van der Waals surface area contributed by atoms with Gasteiger partial charge in [0.2, 0.25) is 0 Å². The van der Waals surface area contributed by atoms with Crippen molar-refractivity contribution in [3.63, 3.8) is 0 Å². The highest BCUT2D eigenvalue weighted by Gasteiger charge is 2.17. The van der Waals surface area contributed by atoms with Gasteiger partial charge in [0.1, 0.15) is 11.3 Å². The molecule has 4 nitrogen and oxygen atoms in total. The summed E-state index contributed by atoms with van der Waals surface area (Å²) < 4.78 is 2.10. The Kier molecular flexibility index (Phi) is 2.45. The van der Waals surface area contributed by atoms with Crippen LogP contribution in [0.15, 0.2) is 12.5 Å². The van der Waals surface area contributed by atoms with Crippen molar-refractivity contribution in [2.45, 2.75) is 46.1 Å². The van der Waals surface area contributed by atoms with Crippen LogP contribution in [0.5, 0.6) is 0 Å². The van der Waals surface area contributed by atoms with Crippen molar-refractivity contribution in [3.05, 3.63) is 18.3 Å². The van der Waals surface area contributed by atoms with Crippen LogP contribution in [0.4, 0.5) is 0 Å². The number of aromatic nitrogens is 4. The summed E-state index contributed by atoms with van der Waals surface area (Å²) in [6.07, 6.45) is 3.71. The van der Waals surface area contributed by atoms with Crippen LogP contribution in [0.2, 0.25) is 0 Å². The number of nitrogens with zero attached hydrogens (tertiary/aromatic N) is 4. The first-order valence-electron chi connectivity index (χ1n) is 5.60. The summed E-state index contributed by atoms with van der Waals surface area (Å²) in [4.78, 5) is 13.2. The molecule has 4 heteroatoms. The quantitative estimate of drug-likeness (QED) is 0.739. The normalized spacial score (nSPS) is 12.6. The molecule has 0 aromatic carbocycles. The maximum Gasteiger partial charge on any atom is 0.181 e. The van der Waals surface area contributed by atoms with Gasteiger partial charge in [-0.3, -0.25) is 0 Å². The molecule has 0 saturated carbocycles. The zero-order valence-electron chi connectivity index (χ0n) is 10.5. The van der Waals surface area contributed by atoms with Crippen molar-refractivity contribution in [1.82, 2.24) is 19.5 Å². The van der Waals surface area contributed by atoms with Crippen LogP contribution < -0.4 is 0 Å². The first-order valence-corrected chi connectivity index (χ1v) is 5.60. The van der Waals surface area contributed by atoms with Gasteiger partial charge in [0.15, 0.2) is 5.65 Å². The molecule has 0 saturated heterocycles. The third-order valence-corrected chi connectivity index (χ3v) is 2.56. The van der Waals surface area contributed by atoms with E-state index >= 15 is 0 Å². The number of imidazole rings is 1. The molecule has 0 bridgehead atoms. The van der Waals surface area contributed by atoms with E-state index in [0.717, 1.165) is 17.0 Å². The predicted octanol–water partition coefficient (Wildman–Crippen LogP) is 2.70. The highest BCUT2D eigenvalue weighted by atomic mass is 15.1. The van der Waals surface area contributed by atoms with Crippen molar-refractivity contribution in [1.29, 1.82) is 0 Å². The molecule has 0 fully saturated rings. The van der Waals surface area contributed by atoms with Gasteiger partial charge in [-0.05, 0) is 20.8 Å². The fourth-order valence-electron chi connectivity index (χ4n) is 1.63. The average Bonchev–Trinajstić information content (AvgIpc) is 2.58. The minimum Gasteiger partial charge on any atom is -0.323 e. The van der Waals surface area contributed by atoms with Crippen LogP contribution in [0.1, 0.15) is 46.4 Å². The minimum atomic E-state index is 0.0114. The van der Waals surface area contributed by atoms with Gasteiger partial charge in [0.05, 0.1) is 12.5 Å². The van der Waals surface area contributed by atoms with E-state index in [0.29, 0.717) is 5.92 Å². The summed E-state index contributed by atoms with van der Waals surface area (Å²) in [5, 5.41) is 0. The molecule has 2 rings (SSSR count). The topological polar surface area (TPSA) is 43.6 Å². The van der Waals surface area contributed by atoms with E-state index in [9.17, 15) is 0 Å². The molecule has 0 aliphatic carbocycles. The molecule has 0 aliphatic rings. The molecule has 0 N–H and O–H groups in total. The molecule has 0 aliphatic heterocycles. The van der Waals surface area contributed by atoms with Crippen molar-refractivity contribution in [3.8, 4) is 0 Å². The van der Waals surface area contributed by atoms with Crippen molar-refractivity contribution in [2.24, 2.45) is 0 Å². The molecular formula is C12H18N4. The lowest BCUT2D eigenvalue weighted by atomic mass is 10.1. The molecule has 2 aromatic rings. The number of hydrogen-bond acceptors (Lipinski definition) is 3. The van der Waals surface area contributed by atoms with Gasteiger partial charge in [-0.2, -0.15) is 0 Å². The van der Waals surface area contributed by atoms with Crippen molar-refractivity contribution in [2.75, 3.05) is 0 Å². The van der Waals surface area contributed by atoms with E-state index in [4.69, 9.17) is 0 Å². The standard InChI is InChI=1S/C12H18N4/c1-8(2)10-13-6-9-11(15-10)14-7-16(9)12(3,4)5/h6-8H,1-5H3. The molecule has 0 radical (unpaired) electrons. The summed E-state index contributed by atoms with van der Waals surface area (Å²) in [6, 6.07) is 0. The summed E-state index contributed by atoms with van der Waals surface area (Å²) in [5.74, 6) is 1.19. The van der Waals surface area contributed by atoms with E-state index in [1.807, 2.05) is 12.5 Å². The van der Waals surface area contributed by atoms with Crippen LogP contribution in [-0.4, -0.2) is 19.5 Å². The van der Waals surface area contributed by atoms with Gasteiger partial charge in [0, 0.05) is 11.5 Å². The Hall–Kier alpha value is -1.45. The second kappa shape index (κ2) is 3.54. The van der Waals surface area contributed by atoms with Crippen molar-refractivity contribution < 1.29 is 0 Å². The molecule has 0 atom stereocenters. The highest BCUT2D eigenvalue weighted by Crippen LogP contribution is 2.21. The summed E-state index contributed by atoms with van der Waals surface area (Å²) in [7, 11) is 0. The Balaban J connectivity index is 2.59. The second-order valence-electron chi connectivity index (χ2n) is 5.38. The van der Waals surface area contributed by atoms with E-state index in [1.54, 1.807) is 0 Å². The summed E-state index contributed by atoms with van der Waals surface area (Å²) in [5.41, 5.74) is 1.79. The second-order valence-corrected chi connectivity index (χ2v) is 5.38. The molecule has 86 valence electrons. The highest BCUT2D eigenvalue weighted by molar-refractivity contribution is 5.69. The lowest BCUT2D eigenvalue weighted by Gasteiger charge is -2.21. The zero-order valence-corrected chi connectivity index (χ0v) is 10.5. The third-order valence-electron chi connectivity index (χ3n) is 2.56. The van der Waals surface area contributed by atoms with E-state index in [1.165, 1.54) is 0 Å². The number of hydrogen-bond donors (Lipinski definition) is 0. The molecule has 0 amide bonds. The fraction of sp³-hybridized carbons (Fsp3) is 0.583. The van der Waals surface area contributed by atoms with E-state index in [-0.39, 0.29) is 5.54 Å². The first-order chi connectivity index (χ1) is 7.39. The Morgan fingerprint density at radius 1 is 1.19 bits per heavy atom. The largest absolute Gasteiger partial charge is 0.323 e. The SMILES string of the molecule is CC(C)c1ncc2c(ncn2C(C)(C)C)n1. The van der Waals surface area contributed by atoms with Crippen LogP contribution in [-0.2, 0) is 5.54 Å². The summed E-state index contributed by atoms with van der Waals surface area (Å²) in [6.45, 7) is 10.6. The lowest BCUT2D eigenvalue weighted by Crippen LogP contribution is -2.20. The number of rotatable bonds is 1. The van der Waals surface area contributed by atoms with Gasteiger partial charge in [-0.15, -0.1) is 0 Å². The maximum absolute atomic E-state index is 4.47. The molecule has 16 heavy (non-hydrogen) atoms. The first kappa shape index (κ1) is 11.0. The molecular weight excluding hydrogens is 200 g/mol. The predicted molar refractivity (Wildman–Crippen MR) is 64.4 cm³/mol. The van der Waals surface area contributed by atoms with Gasteiger partial charge in [-0.1, -0.05) is 13.8 Å². The third kappa shape index (κ3) is 1.79. The summed E-state index contributed by atoms with van der Waals surface area (Å²) >= 11 is 0. The molecule has 2 aromatic heterocycles. The fourth-order valence-corrected chi connectivity index (χ4v) is 1.63. The molecule has 0 unspecified atom stereocenters. The zero-order chi connectivity index (χ0) is 11.9. The Bertz CT molecular complexity index is 505. The monoisotopic (exact) mass is 218 g/mol. The van der Waals surface area contributed by atoms with Crippen LogP contribution in [0.25, 0.3) is 11.2 Å². The maximum atomic E-state index is 4.47. The van der Waals surface area contributed by atoms with Crippen LogP contribution >= 0.6 is 0 Å². The van der Waals surface area contributed by atoms with Gasteiger partial charge in [0.25, 0.3) is 0 Å².